The Balaban J connectivity index is 0.00000242. The third kappa shape index (κ3) is 6.37. The summed E-state index contributed by atoms with van der Waals surface area (Å²) in [5.74, 6) is 1.14. The largest absolute Gasteiger partial charge is 0.356 e. The van der Waals surface area contributed by atoms with Crippen LogP contribution in [0.2, 0.25) is 0 Å². The molecule has 0 saturated carbocycles. The van der Waals surface area contributed by atoms with E-state index in [0.29, 0.717) is 13.0 Å². The molecule has 1 heterocycles. The number of aromatic nitrogens is 2. The second-order valence-electron chi connectivity index (χ2n) is 5.55. The summed E-state index contributed by atoms with van der Waals surface area (Å²) in [4.78, 5) is 16.2. The maximum absolute atomic E-state index is 11.6. The number of benzene rings is 1. The number of hydrogen-bond donors (Lipinski definition) is 2. The zero-order chi connectivity index (χ0) is 15.2. The lowest BCUT2D eigenvalue weighted by Gasteiger charge is -2.07. The van der Waals surface area contributed by atoms with E-state index in [0.717, 1.165) is 36.1 Å². The molecule has 3 N–H and O–H groups in total. The number of carbonyl (C=O) groups excluding carboxylic acids is 1. The number of hydrogen-bond acceptors (Lipinski definition) is 3. The van der Waals surface area contributed by atoms with Gasteiger partial charge in [-0.3, -0.25) is 4.79 Å². The third-order valence-electron chi connectivity index (χ3n) is 3.61. The zero-order valence-electron chi connectivity index (χ0n) is 13.6. The first-order valence-corrected chi connectivity index (χ1v) is 7.50. The average molecular weight is 361 g/mol. The molecule has 0 spiro atoms. The number of nitrogens with zero attached hydrogens (tertiary/aromatic N) is 2. The van der Waals surface area contributed by atoms with Crippen LogP contribution in [0.3, 0.4) is 0 Å². The van der Waals surface area contributed by atoms with Crippen LogP contribution in [0.25, 0.3) is 11.0 Å². The Bertz CT molecular complexity index is 613. The van der Waals surface area contributed by atoms with Gasteiger partial charge >= 0.3 is 0 Å². The number of carbonyl (C=O) groups is 1. The number of nitrogens with one attached hydrogen (secondary N) is 1. The molecular formula is C16H26Cl2N4O. The first-order valence-electron chi connectivity index (χ1n) is 7.50. The quantitative estimate of drug-likeness (QED) is 0.745. The van der Waals surface area contributed by atoms with E-state index in [1.807, 2.05) is 32.2 Å². The van der Waals surface area contributed by atoms with Gasteiger partial charge in [0.2, 0.25) is 5.91 Å². The first kappa shape index (κ1) is 21.7. The summed E-state index contributed by atoms with van der Waals surface area (Å²) in [6.07, 6.45) is 2.99. The third-order valence-corrected chi connectivity index (χ3v) is 3.61. The van der Waals surface area contributed by atoms with Gasteiger partial charge in [0.1, 0.15) is 5.82 Å². The van der Waals surface area contributed by atoms with Crippen molar-refractivity contribution < 1.29 is 4.79 Å². The smallest absolute Gasteiger partial charge is 0.220 e. The number of imidazole rings is 1. The summed E-state index contributed by atoms with van der Waals surface area (Å²) in [5.41, 5.74) is 7.80. The maximum atomic E-state index is 11.6. The number of amides is 1. The molecule has 0 aliphatic heterocycles. The van der Waals surface area contributed by atoms with Crippen LogP contribution in [0.1, 0.15) is 32.0 Å². The van der Waals surface area contributed by atoms with Crippen molar-refractivity contribution >= 4 is 41.8 Å². The Labute approximate surface area is 149 Å². The first-order chi connectivity index (χ1) is 10.1. The molecule has 1 unspecified atom stereocenters. The normalized spacial score (nSPS) is 11.4. The second-order valence-corrected chi connectivity index (χ2v) is 5.55. The molecule has 0 saturated heterocycles. The summed E-state index contributed by atoms with van der Waals surface area (Å²) in [7, 11) is 2.03. The molecule has 1 aromatic heterocycles. The maximum Gasteiger partial charge on any atom is 0.220 e. The van der Waals surface area contributed by atoms with E-state index in [-0.39, 0.29) is 36.8 Å². The minimum absolute atomic E-state index is 0. The molecule has 130 valence electrons. The van der Waals surface area contributed by atoms with Gasteiger partial charge in [-0.25, -0.2) is 4.98 Å². The van der Waals surface area contributed by atoms with Gasteiger partial charge in [0.25, 0.3) is 0 Å². The van der Waals surface area contributed by atoms with Crippen molar-refractivity contribution in [1.82, 2.24) is 14.9 Å². The van der Waals surface area contributed by atoms with E-state index in [2.05, 4.69) is 20.9 Å². The van der Waals surface area contributed by atoms with Crippen molar-refractivity contribution in [2.24, 2.45) is 12.8 Å². The number of rotatable bonds is 7. The molecule has 1 amide bonds. The molecule has 0 fully saturated rings. The summed E-state index contributed by atoms with van der Waals surface area (Å²) >= 11 is 0. The number of nitrogens with two attached hydrogens (primary N) is 1. The minimum Gasteiger partial charge on any atom is -0.356 e. The summed E-state index contributed by atoms with van der Waals surface area (Å²) in [6.45, 7) is 2.60. The van der Waals surface area contributed by atoms with E-state index in [4.69, 9.17) is 5.73 Å². The highest BCUT2D eigenvalue weighted by Crippen LogP contribution is 2.14. The Morgan fingerprint density at radius 3 is 2.70 bits per heavy atom. The number of halogens is 2. The topological polar surface area (TPSA) is 72.9 Å². The van der Waals surface area contributed by atoms with Gasteiger partial charge in [-0.15, -0.1) is 24.8 Å². The molecular weight excluding hydrogens is 335 g/mol. The average Bonchev–Trinajstić information content (AvgIpc) is 2.78. The fraction of sp³-hybridized carbons (Fsp3) is 0.500. The van der Waals surface area contributed by atoms with E-state index >= 15 is 0 Å². The summed E-state index contributed by atoms with van der Waals surface area (Å²) in [5, 5.41) is 2.93. The SMILES string of the molecule is CC(N)CCC(=O)NCCCc1nc2ccccc2n1C.Cl.Cl. The molecule has 0 aliphatic carbocycles. The van der Waals surface area contributed by atoms with Crippen molar-refractivity contribution in [3.05, 3.63) is 30.1 Å². The molecule has 23 heavy (non-hydrogen) atoms. The number of aryl methyl sites for hydroxylation is 2. The van der Waals surface area contributed by atoms with Crippen molar-refractivity contribution in [1.29, 1.82) is 0 Å². The van der Waals surface area contributed by atoms with Crippen LogP contribution in [0.5, 0.6) is 0 Å². The van der Waals surface area contributed by atoms with Gasteiger partial charge in [-0.05, 0) is 31.9 Å². The number of fused-ring (bicyclic) bond motifs is 1. The van der Waals surface area contributed by atoms with Crippen molar-refractivity contribution in [3.8, 4) is 0 Å². The van der Waals surface area contributed by atoms with Gasteiger partial charge in [-0.1, -0.05) is 12.1 Å². The summed E-state index contributed by atoms with van der Waals surface area (Å²) < 4.78 is 2.12. The molecule has 0 bridgehead atoms. The monoisotopic (exact) mass is 360 g/mol. The van der Waals surface area contributed by atoms with Crippen LogP contribution in [-0.2, 0) is 18.3 Å². The standard InChI is InChI=1S/C16H24N4O.2ClH/c1-12(17)9-10-16(21)18-11-5-8-15-19-13-6-3-4-7-14(13)20(15)2;;/h3-4,6-7,12H,5,8-11,17H2,1-2H3,(H,18,21);2*1H. The Morgan fingerprint density at radius 1 is 1.35 bits per heavy atom. The molecule has 7 heteroatoms. The Kier molecular flexibility index (Phi) is 9.88. The van der Waals surface area contributed by atoms with E-state index < -0.39 is 0 Å². The Morgan fingerprint density at radius 2 is 2.04 bits per heavy atom. The second kappa shape index (κ2) is 10.5. The van der Waals surface area contributed by atoms with Gasteiger partial charge in [0.15, 0.2) is 0 Å². The van der Waals surface area contributed by atoms with E-state index in [1.54, 1.807) is 0 Å². The highest BCUT2D eigenvalue weighted by Gasteiger charge is 2.07. The van der Waals surface area contributed by atoms with Crippen molar-refractivity contribution in [2.75, 3.05) is 6.54 Å². The molecule has 0 radical (unpaired) electrons. The highest BCUT2D eigenvalue weighted by atomic mass is 35.5. The van der Waals surface area contributed by atoms with Crippen LogP contribution in [0, 0.1) is 0 Å². The van der Waals surface area contributed by atoms with Crippen LogP contribution in [-0.4, -0.2) is 28.0 Å². The lowest BCUT2D eigenvalue weighted by molar-refractivity contribution is -0.121. The van der Waals surface area contributed by atoms with Gasteiger partial charge in [-0.2, -0.15) is 0 Å². The summed E-state index contributed by atoms with van der Waals surface area (Å²) in [6, 6.07) is 8.19. The molecule has 2 rings (SSSR count). The van der Waals surface area contributed by atoms with E-state index in [9.17, 15) is 4.79 Å². The molecule has 1 aromatic carbocycles. The van der Waals surface area contributed by atoms with Gasteiger partial charge < -0.3 is 15.6 Å². The number of para-hydroxylation sites is 2. The van der Waals surface area contributed by atoms with Crippen LogP contribution >= 0.6 is 24.8 Å². The van der Waals surface area contributed by atoms with E-state index in [1.165, 1.54) is 0 Å². The van der Waals surface area contributed by atoms with Gasteiger partial charge in [0, 0.05) is 32.5 Å². The molecule has 0 aliphatic rings. The lowest BCUT2D eigenvalue weighted by atomic mass is 10.2. The predicted molar refractivity (Wildman–Crippen MR) is 99.4 cm³/mol. The fourth-order valence-corrected chi connectivity index (χ4v) is 2.34. The molecule has 5 nitrogen and oxygen atoms in total. The molecule has 1 atom stereocenters. The van der Waals surface area contributed by atoms with Crippen LogP contribution in [0.15, 0.2) is 24.3 Å². The lowest BCUT2D eigenvalue weighted by Crippen LogP contribution is -2.27. The fourth-order valence-electron chi connectivity index (χ4n) is 2.34. The van der Waals surface area contributed by atoms with Crippen molar-refractivity contribution in [3.63, 3.8) is 0 Å². The Hall–Kier alpha value is -1.30. The molecule has 2 aromatic rings. The zero-order valence-corrected chi connectivity index (χ0v) is 15.3. The van der Waals surface area contributed by atoms with Gasteiger partial charge in [0.05, 0.1) is 11.0 Å². The van der Waals surface area contributed by atoms with Crippen LogP contribution < -0.4 is 11.1 Å². The van der Waals surface area contributed by atoms with Crippen LogP contribution in [0.4, 0.5) is 0 Å². The van der Waals surface area contributed by atoms with Crippen molar-refractivity contribution in [2.45, 2.75) is 38.6 Å². The predicted octanol–water partition coefficient (Wildman–Crippen LogP) is 2.59. The highest BCUT2D eigenvalue weighted by molar-refractivity contribution is 5.85. The minimum atomic E-state index is 0.